The summed E-state index contributed by atoms with van der Waals surface area (Å²) >= 11 is 0. The van der Waals surface area contributed by atoms with E-state index in [2.05, 4.69) is 14.9 Å². The number of aromatic nitrogens is 2. The van der Waals surface area contributed by atoms with Crippen LogP contribution < -0.4 is 10.5 Å². The van der Waals surface area contributed by atoms with E-state index < -0.39 is 12.2 Å². The number of ether oxygens (including phenoxy) is 1. The van der Waals surface area contributed by atoms with Crippen molar-refractivity contribution in [3.05, 3.63) is 30.1 Å². The summed E-state index contributed by atoms with van der Waals surface area (Å²) in [7, 11) is 0. The van der Waals surface area contributed by atoms with Gasteiger partial charge in [0.1, 0.15) is 5.75 Å². The van der Waals surface area contributed by atoms with Crippen LogP contribution in [0.3, 0.4) is 0 Å². The molecule has 7 heteroatoms. The van der Waals surface area contributed by atoms with Gasteiger partial charge in [0.25, 0.3) is 5.89 Å². The maximum Gasteiger partial charge on any atom is 0.387 e. The van der Waals surface area contributed by atoms with Crippen LogP contribution in [0.25, 0.3) is 11.5 Å². The van der Waals surface area contributed by atoms with Gasteiger partial charge in [0.2, 0.25) is 0 Å². The molecule has 2 aromatic rings. The van der Waals surface area contributed by atoms with Crippen molar-refractivity contribution in [3.63, 3.8) is 0 Å². The van der Waals surface area contributed by atoms with Crippen molar-refractivity contribution in [3.8, 4) is 17.2 Å². The summed E-state index contributed by atoms with van der Waals surface area (Å²) in [6, 6.07) is 6.12. The van der Waals surface area contributed by atoms with Gasteiger partial charge in [0.05, 0.1) is 5.54 Å². The van der Waals surface area contributed by atoms with E-state index in [-0.39, 0.29) is 11.6 Å². The van der Waals surface area contributed by atoms with Crippen LogP contribution in [0.4, 0.5) is 8.78 Å². The van der Waals surface area contributed by atoms with Crippen LogP contribution in [-0.2, 0) is 5.54 Å². The second-order valence-corrected chi connectivity index (χ2v) is 4.84. The molecule has 0 unspecified atom stereocenters. The standard InChI is InChI=1S/C13H13F2N3O2/c14-12(15)19-9-4-1-3-8(7-9)10-17-11(18-20-10)13(16)5-2-6-13/h1,3-4,7,12H,2,5-6,16H2. The molecule has 0 spiro atoms. The van der Waals surface area contributed by atoms with Gasteiger partial charge in [-0.3, -0.25) is 0 Å². The summed E-state index contributed by atoms with van der Waals surface area (Å²) in [5.41, 5.74) is 6.11. The molecular weight excluding hydrogens is 268 g/mol. The molecular formula is C13H13F2N3O2. The molecule has 0 bridgehead atoms. The Hall–Kier alpha value is -2.02. The molecule has 20 heavy (non-hydrogen) atoms. The number of halogens is 2. The molecule has 0 saturated heterocycles. The lowest BCUT2D eigenvalue weighted by Gasteiger charge is -2.34. The normalized spacial score (nSPS) is 17.0. The third-order valence-corrected chi connectivity index (χ3v) is 3.42. The summed E-state index contributed by atoms with van der Waals surface area (Å²) in [5.74, 6) is 0.749. The maximum atomic E-state index is 12.2. The van der Waals surface area contributed by atoms with Gasteiger partial charge >= 0.3 is 6.61 Å². The van der Waals surface area contributed by atoms with E-state index in [1.54, 1.807) is 12.1 Å². The largest absolute Gasteiger partial charge is 0.435 e. The van der Waals surface area contributed by atoms with Crippen LogP contribution in [0.15, 0.2) is 28.8 Å². The fourth-order valence-corrected chi connectivity index (χ4v) is 2.13. The number of nitrogens with two attached hydrogens (primary N) is 1. The smallest absolute Gasteiger partial charge is 0.387 e. The van der Waals surface area contributed by atoms with Crippen molar-refractivity contribution in [1.29, 1.82) is 0 Å². The Morgan fingerprint density at radius 3 is 2.80 bits per heavy atom. The van der Waals surface area contributed by atoms with E-state index in [0.29, 0.717) is 11.4 Å². The van der Waals surface area contributed by atoms with E-state index in [4.69, 9.17) is 10.3 Å². The zero-order valence-electron chi connectivity index (χ0n) is 10.6. The Morgan fingerprint density at radius 2 is 2.15 bits per heavy atom. The SMILES string of the molecule is NC1(c2noc(-c3cccc(OC(F)F)c3)n2)CCC1. The van der Waals surface area contributed by atoms with Gasteiger partial charge in [-0.1, -0.05) is 11.2 Å². The Kier molecular flexibility index (Phi) is 3.13. The van der Waals surface area contributed by atoms with Gasteiger partial charge in [-0.25, -0.2) is 0 Å². The lowest BCUT2D eigenvalue weighted by atomic mass is 9.77. The lowest BCUT2D eigenvalue weighted by Crippen LogP contribution is -2.44. The molecule has 0 radical (unpaired) electrons. The van der Waals surface area contributed by atoms with Gasteiger partial charge in [-0.05, 0) is 37.5 Å². The summed E-state index contributed by atoms with van der Waals surface area (Å²) in [4.78, 5) is 4.25. The summed E-state index contributed by atoms with van der Waals surface area (Å²) in [6.07, 6.45) is 2.68. The van der Waals surface area contributed by atoms with Crippen LogP contribution in [0, 0.1) is 0 Å². The first-order chi connectivity index (χ1) is 9.57. The molecule has 3 rings (SSSR count). The van der Waals surface area contributed by atoms with Gasteiger partial charge in [0.15, 0.2) is 5.82 Å². The van der Waals surface area contributed by atoms with Crippen LogP contribution in [0.5, 0.6) is 5.75 Å². The predicted molar refractivity (Wildman–Crippen MR) is 66.1 cm³/mol. The summed E-state index contributed by atoms with van der Waals surface area (Å²) in [6.45, 7) is -2.87. The van der Waals surface area contributed by atoms with Crippen molar-refractivity contribution in [2.75, 3.05) is 0 Å². The summed E-state index contributed by atoms with van der Waals surface area (Å²) < 4.78 is 33.8. The molecule has 0 atom stereocenters. The third kappa shape index (κ3) is 2.36. The van der Waals surface area contributed by atoms with Gasteiger partial charge in [-0.2, -0.15) is 13.8 Å². The highest BCUT2D eigenvalue weighted by Crippen LogP contribution is 2.37. The van der Waals surface area contributed by atoms with E-state index in [1.165, 1.54) is 12.1 Å². The molecule has 0 aliphatic heterocycles. The Balaban J connectivity index is 1.86. The number of hydrogen-bond donors (Lipinski definition) is 1. The fraction of sp³-hybridized carbons (Fsp3) is 0.385. The zero-order valence-corrected chi connectivity index (χ0v) is 10.6. The van der Waals surface area contributed by atoms with E-state index in [1.807, 2.05) is 0 Å². The molecule has 1 aliphatic rings. The maximum absolute atomic E-state index is 12.2. The molecule has 1 aromatic carbocycles. The summed E-state index contributed by atoms with van der Waals surface area (Å²) in [5, 5.41) is 3.88. The first-order valence-corrected chi connectivity index (χ1v) is 6.25. The van der Waals surface area contributed by atoms with Crippen LogP contribution >= 0.6 is 0 Å². The zero-order chi connectivity index (χ0) is 14.2. The molecule has 0 amide bonds. The lowest BCUT2D eigenvalue weighted by molar-refractivity contribution is -0.0498. The Labute approximate surface area is 113 Å². The van der Waals surface area contributed by atoms with Crippen LogP contribution in [0.1, 0.15) is 25.1 Å². The molecule has 1 heterocycles. The quantitative estimate of drug-likeness (QED) is 0.932. The third-order valence-electron chi connectivity index (χ3n) is 3.42. The van der Waals surface area contributed by atoms with Gasteiger partial charge in [-0.15, -0.1) is 0 Å². The molecule has 5 nitrogen and oxygen atoms in total. The molecule has 2 N–H and O–H groups in total. The molecule has 1 fully saturated rings. The Morgan fingerprint density at radius 1 is 1.35 bits per heavy atom. The highest BCUT2D eigenvalue weighted by molar-refractivity contribution is 5.55. The second kappa shape index (κ2) is 4.82. The highest BCUT2D eigenvalue weighted by atomic mass is 19.3. The average molecular weight is 281 g/mol. The van der Waals surface area contributed by atoms with Crippen molar-refractivity contribution in [2.45, 2.75) is 31.4 Å². The molecule has 1 saturated carbocycles. The van der Waals surface area contributed by atoms with Crippen LogP contribution in [-0.4, -0.2) is 16.8 Å². The highest BCUT2D eigenvalue weighted by Gasteiger charge is 2.39. The fourth-order valence-electron chi connectivity index (χ4n) is 2.13. The first kappa shape index (κ1) is 13.0. The van der Waals surface area contributed by atoms with E-state index in [0.717, 1.165) is 19.3 Å². The molecule has 1 aliphatic carbocycles. The van der Waals surface area contributed by atoms with Crippen molar-refractivity contribution >= 4 is 0 Å². The number of benzene rings is 1. The minimum Gasteiger partial charge on any atom is -0.435 e. The minimum atomic E-state index is -2.87. The number of hydrogen-bond acceptors (Lipinski definition) is 5. The van der Waals surface area contributed by atoms with Crippen molar-refractivity contribution < 1.29 is 18.0 Å². The number of alkyl halides is 2. The Bertz CT molecular complexity index is 611. The number of nitrogens with zero attached hydrogens (tertiary/aromatic N) is 2. The van der Waals surface area contributed by atoms with Crippen molar-refractivity contribution in [1.82, 2.24) is 10.1 Å². The topological polar surface area (TPSA) is 74.2 Å². The monoisotopic (exact) mass is 281 g/mol. The number of rotatable bonds is 4. The van der Waals surface area contributed by atoms with Gasteiger partial charge in [0, 0.05) is 5.56 Å². The van der Waals surface area contributed by atoms with E-state index in [9.17, 15) is 8.78 Å². The molecule has 1 aromatic heterocycles. The van der Waals surface area contributed by atoms with Crippen molar-refractivity contribution in [2.24, 2.45) is 5.73 Å². The minimum absolute atomic E-state index is 0.0448. The van der Waals surface area contributed by atoms with Crippen LogP contribution in [0.2, 0.25) is 0 Å². The first-order valence-electron chi connectivity index (χ1n) is 6.25. The second-order valence-electron chi connectivity index (χ2n) is 4.84. The molecule has 106 valence electrons. The predicted octanol–water partition coefficient (Wildman–Crippen LogP) is 2.68. The average Bonchev–Trinajstić information content (AvgIpc) is 2.85. The van der Waals surface area contributed by atoms with Gasteiger partial charge < -0.3 is 15.0 Å². The van der Waals surface area contributed by atoms with E-state index >= 15 is 0 Å².